The molecule has 0 aliphatic carbocycles. The molecule has 0 amide bonds. The second-order valence-corrected chi connectivity index (χ2v) is 10.00. The Morgan fingerprint density at radius 3 is 2.24 bits per heavy atom. The van der Waals surface area contributed by atoms with Crippen LogP contribution < -0.4 is 4.87 Å². The lowest BCUT2D eigenvalue weighted by Gasteiger charge is -2.08. The van der Waals surface area contributed by atoms with Gasteiger partial charge in [0, 0.05) is 17.0 Å². The minimum Gasteiger partial charge on any atom is -0.291 e. The molecule has 0 radical (unpaired) electrons. The van der Waals surface area contributed by atoms with Crippen molar-refractivity contribution >= 4 is 44.5 Å². The van der Waals surface area contributed by atoms with Gasteiger partial charge in [0.25, 0.3) is 0 Å². The van der Waals surface area contributed by atoms with E-state index < -0.39 is 9.84 Å². The zero-order chi connectivity index (χ0) is 18.2. The van der Waals surface area contributed by atoms with Gasteiger partial charge >= 0.3 is 4.87 Å². The molecule has 4 nitrogen and oxygen atoms in total. The quantitative estimate of drug-likeness (QED) is 0.638. The second kappa shape index (κ2) is 6.99. The fourth-order valence-electron chi connectivity index (χ4n) is 2.20. The van der Waals surface area contributed by atoms with E-state index in [2.05, 4.69) is 0 Å². The molecule has 25 heavy (non-hydrogen) atoms. The molecular formula is C17H14ClNO3S3. The van der Waals surface area contributed by atoms with Crippen LogP contribution in [-0.2, 0) is 16.9 Å². The van der Waals surface area contributed by atoms with E-state index in [0.29, 0.717) is 9.23 Å². The third-order valence-electron chi connectivity index (χ3n) is 3.54. The van der Waals surface area contributed by atoms with E-state index >= 15 is 0 Å². The number of aromatic nitrogens is 1. The van der Waals surface area contributed by atoms with Crippen molar-refractivity contribution in [2.24, 2.45) is 7.05 Å². The van der Waals surface area contributed by atoms with Gasteiger partial charge < -0.3 is 0 Å². The summed E-state index contributed by atoms with van der Waals surface area (Å²) in [7, 11) is -2.32. The number of hydrogen-bond acceptors (Lipinski definition) is 5. The molecule has 3 rings (SSSR count). The predicted molar refractivity (Wildman–Crippen MR) is 102 cm³/mol. The fraction of sp³-hybridized carbons (Fsp3) is 0.118. The Hall–Kier alpha value is -1.54. The van der Waals surface area contributed by atoms with Crippen LogP contribution in [0.3, 0.4) is 0 Å². The first-order valence-corrected chi connectivity index (χ1v) is 10.7. The van der Waals surface area contributed by atoms with E-state index in [1.54, 1.807) is 48.5 Å². The lowest BCUT2D eigenvalue weighted by atomic mass is 10.2. The van der Waals surface area contributed by atoms with Gasteiger partial charge in [-0.15, -0.1) is 0 Å². The van der Waals surface area contributed by atoms with Crippen molar-refractivity contribution in [1.29, 1.82) is 0 Å². The van der Waals surface area contributed by atoms with Crippen LogP contribution in [0, 0.1) is 6.92 Å². The minimum absolute atomic E-state index is 0.0197. The van der Waals surface area contributed by atoms with E-state index in [1.165, 1.54) is 23.4 Å². The van der Waals surface area contributed by atoms with Crippen LogP contribution in [0.1, 0.15) is 5.56 Å². The number of aryl methyl sites for hydroxylation is 1. The third kappa shape index (κ3) is 3.69. The van der Waals surface area contributed by atoms with Gasteiger partial charge in [0.15, 0.2) is 5.03 Å². The summed E-state index contributed by atoms with van der Waals surface area (Å²) >= 11 is 8.05. The smallest absolute Gasteiger partial charge is 0.291 e. The van der Waals surface area contributed by atoms with Gasteiger partial charge in [0.05, 0.1) is 4.90 Å². The molecule has 3 aromatic rings. The van der Waals surface area contributed by atoms with E-state index in [0.717, 1.165) is 21.8 Å². The molecule has 1 heterocycles. The second-order valence-electron chi connectivity index (χ2n) is 5.39. The third-order valence-corrected chi connectivity index (χ3v) is 8.15. The molecule has 0 unspecified atom stereocenters. The average Bonchev–Trinajstić information content (AvgIpc) is 2.85. The summed E-state index contributed by atoms with van der Waals surface area (Å²) in [5, 5.41) is 0.615. The zero-order valence-corrected chi connectivity index (χ0v) is 16.6. The molecule has 0 N–H and O–H groups in total. The molecule has 0 atom stereocenters. The van der Waals surface area contributed by atoms with Crippen LogP contribution in [0.15, 0.2) is 72.4 Å². The summed E-state index contributed by atoms with van der Waals surface area (Å²) in [6.07, 6.45) is 0. The molecule has 0 spiro atoms. The predicted octanol–water partition coefficient (Wildman–Crippen LogP) is 4.39. The molecular weight excluding hydrogens is 398 g/mol. The molecule has 8 heteroatoms. The lowest BCUT2D eigenvalue weighted by Crippen LogP contribution is -2.15. The molecule has 2 aromatic carbocycles. The number of hydrogen-bond donors (Lipinski definition) is 0. The first-order chi connectivity index (χ1) is 11.8. The van der Waals surface area contributed by atoms with Crippen molar-refractivity contribution < 1.29 is 8.42 Å². The Balaban J connectivity index is 2.11. The Kier molecular flexibility index (Phi) is 5.11. The van der Waals surface area contributed by atoms with Gasteiger partial charge in [-0.05, 0) is 43.3 Å². The summed E-state index contributed by atoms with van der Waals surface area (Å²) in [6, 6.07) is 13.6. The zero-order valence-electron chi connectivity index (χ0n) is 13.4. The van der Waals surface area contributed by atoms with Crippen LogP contribution >= 0.6 is 34.7 Å². The summed E-state index contributed by atoms with van der Waals surface area (Å²) < 4.78 is 27.7. The molecule has 0 bridgehead atoms. The SMILES string of the molecule is Cc1ccc(S(=O)(=O)c2c(Sc3ccc(Cl)cc3)sc(=O)n2C)cc1. The first-order valence-electron chi connectivity index (χ1n) is 7.24. The highest BCUT2D eigenvalue weighted by molar-refractivity contribution is 8.02. The normalized spacial score (nSPS) is 11.6. The van der Waals surface area contributed by atoms with Gasteiger partial charge in [0.2, 0.25) is 9.84 Å². The summed E-state index contributed by atoms with van der Waals surface area (Å²) in [4.78, 5) is 12.8. The molecule has 0 saturated carbocycles. The number of thiazole rings is 1. The van der Waals surface area contributed by atoms with Gasteiger partial charge in [-0.1, -0.05) is 52.4 Å². The lowest BCUT2D eigenvalue weighted by molar-refractivity contribution is 0.581. The summed E-state index contributed by atoms with van der Waals surface area (Å²) in [5.41, 5.74) is 0.967. The summed E-state index contributed by atoms with van der Waals surface area (Å²) in [5.74, 6) is 0. The average molecular weight is 412 g/mol. The molecule has 130 valence electrons. The molecule has 0 saturated heterocycles. The number of sulfone groups is 1. The van der Waals surface area contributed by atoms with Gasteiger partial charge in [-0.3, -0.25) is 9.36 Å². The van der Waals surface area contributed by atoms with E-state index in [-0.39, 0.29) is 14.8 Å². The van der Waals surface area contributed by atoms with Crippen molar-refractivity contribution in [2.75, 3.05) is 0 Å². The van der Waals surface area contributed by atoms with Crippen molar-refractivity contribution in [3.63, 3.8) is 0 Å². The van der Waals surface area contributed by atoms with Crippen molar-refractivity contribution in [3.05, 3.63) is 68.8 Å². The molecule has 0 fully saturated rings. The van der Waals surface area contributed by atoms with Gasteiger partial charge in [0.1, 0.15) is 4.21 Å². The Morgan fingerprint density at radius 1 is 1.04 bits per heavy atom. The maximum absolute atomic E-state index is 13.1. The number of benzene rings is 2. The highest BCUT2D eigenvalue weighted by Gasteiger charge is 2.28. The van der Waals surface area contributed by atoms with E-state index in [4.69, 9.17) is 11.6 Å². The largest absolute Gasteiger partial charge is 0.308 e. The minimum atomic E-state index is -3.80. The fourth-order valence-corrected chi connectivity index (χ4v) is 6.67. The Bertz CT molecular complexity index is 1070. The highest BCUT2D eigenvalue weighted by Crippen LogP contribution is 2.37. The number of halogens is 1. The Labute approximate surface area is 159 Å². The monoisotopic (exact) mass is 411 g/mol. The first kappa shape index (κ1) is 18.3. The van der Waals surface area contributed by atoms with Crippen molar-refractivity contribution in [2.45, 2.75) is 25.9 Å². The standard InChI is InChI=1S/C17H14ClNO3S3/c1-11-3-9-14(10-4-11)25(21,22)15-16(24-17(20)19(15)2)23-13-7-5-12(18)6-8-13/h3-10H,1-2H3. The van der Waals surface area contributed by atoms with Crippen molar-refractivity contribution in [1.82, 2.24) is 4.57 Å². The van der Waals surface area contributed by atoms with Crippen molar-refractivity contribution in [3.8, 4) is 0 Å². The van der Waals surface area contributed by atoms with E-state index in [9.17, 15) is 13.2 Å². The molecule has 0 aliphatic rings. The van der Waals surface area contributed by atoms with E-state index in [1.807, 2.05) is 6.92 Å². The topological polar surface area (TPSA) is 56.1 Å². The van der Waals surface area contributed by atoms with Crippen LogP contribution in [0.4, 0.5) is 0 Å². The van der Waals surface area contributed by atoms with Crippen LogP contribution in [0.2, 0.25) is 5.02 Å². The molecule has 1 aromatic heterocycles. The number of nitrogens with zero attached hydrogens (tertiary/aromatic N) is 1. The van der Waals surface area contributed by atoms with Gasteiger partial charge in [-0.2, -0.15) is 0 Å². The molecule has 0 aliphatic heterocycles. The van der Waals surface area contributed by atoms with Gasteiger partial charge in [-0.25, -0.2) is 8.42 Å². The summed E-state index contributed by atoms with van der Waals surface area (Å²) in [6.45, 7) is 1.89. The highest BCUT2D eigenvalue weighted by atomic mass is 35.5. The maximum atomic E-state index is 13.1. The van der Waals surface area contributed by atoms with Crippen LogP contribution in [0.5, 0.6) is 0 Å². The maximum Gasteiger partial charge on any atom is 0.308 e. The Morgan fingerprint density at radius 2 is 1.64 bits per heavy atom. The van der Waals surface area contributed by atoms with Crippen LogP contribution in [-0.4, -0.2) is 13.0 Å². The number of rotatable bonds is 4. The van der Waals surface area contributed by atoms with Crippen LogP contribution in [0.25, 0.3) is 0 Å².